The molecule has 1 aliphatic heterocycles. The minimum Gasteiger partial charge on any atom is -0.393 e. The normalized spacial score (nSPS) is 54.4. The molecule has 0 amide bonds. The summed E-state index contributed by atoms with van der Waals surface area (Å²) in [6, 6.07) is 0. The molecule has 3 heteroatoms. The van der Waals surface area contributed by atoms with E-state index in [9.17, 15) is 10.2 Å². The molecule has 0 aromatic carbocycles. The van der Waals surface area contributed by atoms with E-state index in [1.54, 1.807) is 0 Å². The lowest BCUT2D eigenvalue weighted by molar-refractivity contribution is -0.00317. The molecule has 1 heterocycles. The van der Waals surface area contributed by atoms with Crippen LogP contribution in [0.3, 0.4) is 0 Å². The Balaban J connectivity index is 1.89. The van der Waals surface area contributed by atoms with Gasteiger partial charge in [-0.3, -0.25) is 0 Å². The van der Waals surface area contributed by atoms with Crippen LogP contribution >= 0.6 is 0 Å². The number of rotatable bonds is 2. The second-order valence-corrected chi connectivity index (χ2v) is 6.93. The topological polar surface area (TPSA) is 53.0 Å². The van der Waals surface area contributed by atoms with Crippen molar-refractivity contribution in [2.24, 2.45) is 17.3 Å². The van der Waals surface area contributed by atoms with Gasteiger partial charge in [0.2, 0.25) is 0 Å². The van der Waals surface area contributed by atoms with Crippen molar-refractivity contribution in [3.8, 4) is 0 Å². The lowest BCUT2D eigenvalue weighted by Crippen LogP contribution is -2.37. The largest absolute Gasteiger partial charge is 0.393 e. The van der Waals surface area contributed by atoms with E-state index in [4.69, 9.17) is 4.74 Å². The van der Waals surface area contributed by atoms with Gasteiger partial charge in [0.05, 0.1) is 18.8 Å². The number of aliphatic hydroxyl groups excluding tert-OH is 2. The SMILES string of the molecule is C=C(C)C1CCC2(C)CC(O)C3(CO)OC3CC12. The number of aliphatic hydroxyl groups is 2. The molecule has 1 saturated heterocycles. The molecule has 3 aliphatic rings. The molecule has 0 bridgehead atoms. The van der Waals surface area contributed by atoms with Crippen molar-refractivity contribution >= 4 is 0 Å². The number of allylic oxidation sites excluding steroid dienone is 1. The van der Waals surface area contributed by atoms with E-state index in [0.717, 1.165) is 19.3 Å². The first-order chi connectivity index (χ1) is 8.43. The Bertz CT molecular complexity index is 380. The summed E-state index contributed by atoms with van der Waals surface area (Å²) in [5.41, 5.74) is 0.796. The number of fused-ring (bicyclic) bond motifs is 2. The third-order valence-corrected chi connectivity index (χ3v) is 5.83. The number of epoxide rings is 1. The van der Waals surface area contributed by atoms with Crippen molar-refractivity contribution in [3.63, 3.8) is 0 Å². The Labute approximate surface area is 109 Å². The molecule has 18 heavy (non-hydrogen) atoms. The summed E-state index contributed by atoms with van der Waals surface area (Å²) < 4.78 is 5.66. The van der Waals surface area contributed by atoms with Crippen molar-refractivity contribution < 1.29 is 14.9 Å². The lowest BCUT2D eigenvalue weighted by Gasteiger charge is -2.34. The Morgan fingerprint density at radius 2 is 2.22 bits per heavy atom. The van der Waals surface area contributed by atoms with E-state index >= 15 is 0 Å². The average Bonchev–Trinajstić information content (AvgIpc) is 2.94. The Kier molecular flexibility index (Phi) is 2.68. The van der Waals surface area contributed by atoms with E-state index in [1.165, 1.54) is 12.0 Å². The van der Waals surface area contributed by atoms with Crippen LogP contribution in [0, 0.1) is 17.3 Å². The zero-order valence-corrected chi connectivity index (χ0v) is 11.4. The molecule has 0 radical (unpaired) electrons. The van der Waals surface area contributed by atoms with Crippen molar-refractivity contribution in [2.75, 3.05) is 6.61 Å². The highest BCUT2D eigenvalue weighted by molar-refractivity contribution is 5.17. The van der Waals surface area contributed by atoms with E-state index in [0.29, 0.717) is 11.8 Å². The molecular formula is C15H24O3. The minimum absolute atomic E-state index is 0.0456. The third kappa shape index (κ3) is 1.54. The second-order valence-electron chi connectivity index (χ2n) is 6.93. The fourth-order valence-corrected chi connectivity index (χ4v) is 4.51. The van der Waals surface area contributed by atoms with Crippen LogP contribution in [-0.2, 0) is 4.74 Å². The molecule has 2 saturated carbocycles. The quantitative estimate of drug-likeness (QED) is 0.583. The van der Waals surface area contributed by atoms with Crippen molar-refractivity contribution in [1.29, 1.82) is 0 Å². The first kappa shape index (κ1) is 12.6. The molecule has 6 unspecified atom stereocenters. The van der Waals surface area contributed by atoms with Gasteiger partial charge in [0, 0.05) is 0 Å². The van der Waals surface area contributed by atoms with Gasteiger partial charge in [-0.15, -0.1) is 0 Å². The summed E-state index contributed by atoms with van der Waals surface area (Å²) in [7, 11) is 0. The van der Waals surface area contributed by atoms with Gasteiger partial charge in [-0.25, -0.2) is 0 Å². The molecule has 2 N–H and O–H groups in total. The molecule has 3 nitrogen and oxygen atoms in total. The van der Waals surface area contributed by atoms with Gasteiger partial charge in [0.1, 0.15) is 5.60 Å². The summed E-state index contributed by atoms with van der Waals surface area (Å²) in [6.07, 6.45) is 3.57. The van der Waals surface area contributed by atoms with Crippen LogP contribution in [0.25, 0.3) is 0 Å². The van der Waals surface area contributed by atoms with Crippen LogP contribution in [0.4, 0.5) is 0 Å². The molecular weight excluding hydrogens is 228 g/mol. The predicted molar refractivity (Wildman–Crippen MR) is 69.1 cm³/mol. The van der Waals surface area contributed by atoms with E-state index in [-0.39, 0.29) is 18.1 Å². The van der Waals surface area contributed by atoms with Crippen LogP contribution in [0.2, 0.25) is 0 Å². The predicted octanol–water partition coefficient (Wildman–Crippen LogP) is 1.88. The van der Waals surface area contributed by atoms with Gasteiger partial charge < -0.3 is 14.9 Å². The van der Waals surface area contributed by atoms with E-state index in [2.05, 4.69) is 20.4 Å². The molecule has 0 aromatic heterocycles. The lowest BCUT2D eigenvalue weighted by atomic mass is 9.72. The van der Waals surface area contributed by atoms with Gasteiger partial charge in [0.15, 0.2) is 0 Å². The summed E-state index contributed by atoms with van der Waals surface area (Å²) in [4.78, 5) is 0. The molecule has 3 fully saturated rings. The van der Waals surface area contributed by atoms with Crippen molar-refractivity contribution in [1.82, 2.24) is 0 Å². The maximum atomic E-state index is 10.4. The monoisotopic (exact) mass is 252 g/mol. The van der Waals surface area contributed by atoms with Gasteiger partial charge in [-0.2, -0.15) is 0 Å². The first-order valence-corrected chi connectivity index (χ1v) is 7.05. The number of hydrogen-bond donors (Lipinski definition) is 2. The smallest absolute Gasteiger partial charge is 0.143 e. The third-order valence-electron chi connectivity index (χ3n) is 5.83. The molecule has 102 valence electrons. The van der Waals surface area contributed by atoms with Gasteiger partial charge in [0.25, 0.3) is 0 Å². The Hall–Kier alpha value is -0.380. The van der Waals surface area contributed by atoms with Crippen molar-refractivity contribution in [2.45, 2.75) is 57.3 Å². The highest BCUT2D eigenvalue weighted by atomic mass is 16.6. The average molecular weight is 252 g/mol. The summed E-state index contributed by atoms with van der Waals surface area (Å²) >= 11 is 0. The second kappa shape index (κ2) is 3.81. The van der Waals surface area contributed by atoms with E-state index < -0.39 is 11.7 Å². The van der Waals surface area contributed by atoms with Crippen LogP contribution in [-0.4, -0.2) is 34.6 Å². The summed E-state index contributed by atoms with van der Waals surface area (Å²) in [5, 5.41) is 19.9. The Morgan fingerprint density at radius 1 is 1.50 bits per heavy atom. The van der Waals surface area contributed by atoms with Crippen molar-refractivity contribution in [3.05, 3.63) is 12.2 Å². The fraction of sp³-hybridized carbons (Fsp3) is 0.867. The Morgan fingerprint density at radius 3 is 2.83 bits per heavy atom. The summed E-state index contributed by atoms with van der Waals surface area (Å²) in [6.45, 7) is 8.48. The zero-order valence-electron chi connectivity index (χ0n) is 11.4. The highest BCUT2D eigenvalue weighted by Crippen LogP contribution is 2.61. The molecule has 3 rings (SSSR count). The first-order valence-electron chi connectivity index (χ1n) is 7.05. The minimum atomic E-state index is -0.646. The maximum Gasteiger partial charge on any atom is 0.143 e. The molecule has 0 aromatic rings. The standard InChI is InChI=1S/C15H24O3/c1-9(2)10-4-5-14(3)7-12(17)15(8-16)13(18-15)6-11(10)14/h10-13,16-17H,1,4-8H2,2-3H3. The summed E-state index contributed by atoms with van der Waals surface area (Å²) in [5.74, 6) is 1.10. The zero-order chi connectivity index (χ0) is 13.1. The van der Waals surface area contributed by atoms with Gasteiger partial charge in [-0.05, 0) is 49.9 Å². The van der Waals surface area contributed by atoms with Crippen LogP contribution in [0.5, 0.6) is 0 Å². The maximum absolute atomic E-state index is 10.4. The van der Waals surface area contributed by atoms with Crippen LogP contribution in [0.15, 0.2) is 12.2 Å². The molecule has 2 aliphatic carbocycles. The molecule has 0 spiro atoms. The van der Waals surface area contributed by atoms with Crippen LogP contribution < -0.4 is 0 Å². The highest BCUT2D eigenvalue weighted by Gasteiger charge is 2.66. The van der Waals surface area contributed by atoms with Crippen LogP contribution in [0.1, 0.15) is 39.5 Å². The van der Waals surface area contributed by atoms with Gasteiger partial charge >= 0.3 is 0 Å². The van der Waals surface area contributed by atoms with E-state index in [1.807, 2.05) is 0 Å². The van der Waals surface area contributed by atoms with Gasteiger partial charge in [-0.1, -0.05) is 19.1 Å². The number of hydrogen-bond acceptors (Lipinski definition) is 3. The number of ether oxygens (including phenoxy) is 1. The fourth-order valence-electron chi connectivity index (χ4n) is 4.51. The molecule has 6 atom stereocenters.